The van der Waals surface area contributed by atoms with E-state index in [4.69, 9.17) is 4.74 Å². The van der Waals surface area contributed by atoms with Crippen molar-refractivity contribution >= 4 is 30.5 Å². The van der Waals surface area contributed by atoms with Gasteiger partial charge in [-0.2, -0.15) is 21.6 Å². The number of aryl methyl sites for hydroxylation is 1. The average Bonchev–Trinajstić information content (AvgIpc) is 2.59. The summed E-state index contributed by atoms with van der Waals surface area (Å²) >= 11 is 2.80. The first-order valence-electron chi connectivity index (χ1n) is 7.17. The predicted molar refractivity (Wildman–Crippen MR) is 94.3 cm³/mol. The van der Waals surface area contributed by atoms with Crippen LogP contribution in [0.1, 0.15) is 11.1 Å². The zero-order chi connectivity index (χ0) is 19.5. The highest BCUT2D eigenvalue weighted by molar-refractivity contribution is 9.15. The maximum Gasteiger partial charge on any atom is 0.451 e. The lowest BCUT2D eigenvalue weighted by Gasteiger charge is -2.16. The van der Waals surface area contributed by atoms with Crippen molar-refractivity contribution < 1.29 is 30.5 Å². The average molecular weight is 451 g/mol. The Kier molecular flexibility index (Phi) is 6.02. The van der Waals surface area contributed by atoms with Crippen molar-refractivity contribution in [2.45, 2.75) is 18.0 Å². The fourth-order valence-corrected chi connectivity index (χ4v) is 3.58. The van der Waals surface area contributed by atoms with Crippen LogP contribution in [0, 0.1) is 6.92 Å². The smallest absolute Gasteiger partial charge is 0.451 e. The number of hydrogen-bond acceptors (Lipinski definition) is 4. The van der Waals surface area contributed by atoms with Gasteiger partial charge in [-0.25, -0.2) is 0 Å². The molecule has 0 heterocycles. The Bertz CT molecular complexity index is 903. The molecule has 0 saturated heterocycles. The first-order valence-corrected chi connectivity index (χ1v) is 9.37. The third-order valence-corrected chi connectivity index (χ3v) is 5.36. The summed E-state index contributed by atoms with van der Waals surface area (Å²) in [5.41, 5.74) is 0.840. The summed E-state index contributed by atoms with van der Waals surface area (Å²) in [4.78, 5) is -0.375. The minimum absolute atomic E-state index is 0.0808. The molecule has 2 aromatic carbocycles. The molecule has 0 saturated carbocycles. The molecule has 0 aliphatic heterocycles. The lowest BCUT2D eigenvalue weighted by atomic mass is 10.2. The van der Waals surface area contributed by atoms with Crippen molar-refractivity contribution in [3.8, 4) is 5.75 Å². The molecule has 2 rings (SSSR count). The highest BCUT2D eigenvalue weighted by Crippen LogP contribution is 2.38. The van der Waals surface area contributed by atoms with Crippen LogP contribution in [0.4, 0.5) is 13.2 Å². The number of methoxy groups -OCH3 is 1. The molecule has 0 N–H and O–H groups in total. The van der Waals surface area contributed by atoms with E-state index in [1.54, 1.807) is 6.92 Å². The number of alkyl halides is 3. The summed E-state index contributed by atoms with van der Waals surface area (Å²) in [6, 6.07) is 10.9. The van der Waals surface area contributed by atoms with Gasteiger partial charge in [0.15, 0.2) is 0 Å². The van der Waals surface area contributed by atoms with E-state index in [9.17, 15) is 21.6 Å². The first kappa shape index (κ1) is 20.3. The summed E-state index contributed by atoms with van der Waals surface area (Å²) in [6.45, 7) is 1.72. The maximum atomic E-state index is 13.4. The zero-order valence-electron chi connectivity index (χ0n) is 13.7. The van der Waals surface area contributed by atoms with Crippen molar-refractivity contribution in [3.05, 3.63) is 65.4 Å². The number of allylic oxidation sites excluding steroid dienone is 1. The number of ether oxygens (including phenoxy) is 1. The van der Waals surface area contributed by atoms with Crippen LogP contribution in [0.3, 0.4) is 0 Å². The SMILES string of the molecule is COc1ccc(/C(Br)=C(\OS(=O)(=O)c2ccc(C)cc2)C(F)(F)F)cc1. The molecular weight excluding hydrogens is 437 g/mol. The summed E-state index contributed by atoms with van der Waals surface area (Å²) in [6.07, 6.45) is -5.03. The van der Waals surface area contributed by atoms with Crippen molar-refractivity contribution in [1.82, 2.24) is 0 Å². The second-order valence-electron chi connectivity index (χ2n) is 5.22. The van der Waals surface area contributed by atoms with Crippen LogP contribution in [-0.4, -0.2) is 21.7 Å². The Morgan fingerprint density at radius 2 is 1.54 bits per heavy atom. The van der Waals surface area contributed by atoms with E-state index in [0.29, 0.717) is 5.75 Å². The molecule has 0 unspecified atom stereocenters. The number of benzene rings is 2. The van der Waals surface area contributed by atoms with Gasteiger partial charge in [-0.15, -0.1) is 0 Å². The maximum absolute atomic E-state index is 13.4. The van der Waals surface area contributed by atoms with Crippen LogP contribution in [-0.2, 0) is 14.3 Å². The minimum Gasteiger partial charge on any atom is -0.497 e. The van der Waals surface area contributed by atoms with Crippen molar-refractivity contribution in [3.63, 3.8) is 0 Å². The second-order valence-corrected chi connectivity index (χ2v) is 7.56. The molecule has 0 radical (unpaired) electrons. The molecule has 0 fully saturated rings. The summed E-state index contributed by atoms with van der Waals surface area (Å²) in [5, 5.41) is 0. The molecule has 0 bridgehead atoms. The van der Waals surface area contributed by atoms with E-state index >= 15 is 0 Å². The van der Waals surface area contributed by atoms with E-state index in [0.717, 1.165) is 5.56 Å². The molecule has 0 spiro atoms. The number of hydrogen-bond donors (Lipinski definition) is 0. The van der Waals surface area contributed by atoms with Gasteiger partial charge in [-0.05, 0) is 52.7 Å². The van der Waals surface area contributed by atoms with Gasteiger partial charge in [-0.1, -0.05) is 29.8 Å². The van der Waals surface area contributed by atoms with E-state index < -0.39 is 26.5 Å². The third kappa shape index (κ3) is 4.79. The fraction of sp³-hybridized carbons (Fsp3) is 0.176. The lowest BCUT2D eigenvalue weighted by Crippen LogP contribution is -2.19. The molecule has 9 heteroatoms. The Balaban J connectivity index is 2.48. The monoisotopic (exact) mass is 450 g/mol. The Morgan fingerprint density at radius 3 is 2.00 bits per heavy atom. The molecule has 2 aromatic rings. The normalized spacial score (nSPS) is 13.2. The summed E-state index contributed by atoms with van der Waals surface area (Å²) in [7, 11) is -3.24. The molecule has 26 heavy (non-hydrogen) atoms. The van der Waals surface area contributed by atoms with Crippen LogP contribution in [0.5, 0.6) is 5.75 Å². The molecule has 4 nitrogen and oxygen atoms in total. The molecule has 140 valence electrons. The van der Waals surface area contributed by atoms with Crippen LogP contribution in [0.25, 0.3) is 4.48 Å². The van der Waals surface area contributed by atoms with Crippen LogP contribution in [0.2, 0.25) is 0 Å². The Labute approximate surface area is 157 Å². The van der Waals surface area contributed by atoms with Crippen molar-refractivity contribution in [2.24, 2.45) is 0 Å². The zero-order valence-corrected chi connectivity index (χ0v) is 16.1. The van der Waals surface area contributed by atoms with Gasteiger partial charge in [0.2, 0.25) is 5.76 Å². The number of halogens is 4. The molecule has 0 amide bonds. The minimum atomic E-state index is -5.03. The standard InChI is InChI=1S/C17H14BrF3O4S/c1-11-3-9-14(10-4-11)26(22,23)25-16(17(19,20)21)15(18)12-5-7-13(24-2)8-6-12/h3-10H,1-2H3/b16-15+. The van der Waals surface area contributed by atoms with E-state index in [-0.39, 0.29) is 10.5 Å². The van der Waals surface area contributed by atoms with Gasteiger partial charge >= 0.3 is 16.3 Å². The molecular formula is C17H14BrF3O4S. The van der Waals surface area contributed by atoms with Crippen LogP contribution >= 0.6 is 15.9 Å². The molecule has 0 aliphatic rings. The Hall–Kier alpha value is -2.00. The van der Waals surface area contributed by atoms with Crippen LogP contribution < -0.4 is 4.74 Å². The van der Waals surface area contributed by atoms with E-state index in [1.807, 2.05) is 0 Å². The van der Waals surface area contributed by atoms with Gasteiger partial charge in [0.25, 0.3) is 0 Å². The first-order chi connectivity index (χ1) is 12.0. The third-order valence-electron chi connectivity index (χ3n) is 3.30. The van der Waals surface area contributed by atoms with E-state index in [1.165, 1.54) is 55.6 Å². The van der Waals surface area contributed by atoms with Gasteiger partial charge in [0.05, 0.1) is 11.6 Å². The topological polar surface area (TPSA) is 52.6 Å². The summed E-state index contributed by atoms with van der Waals surface area (Å²) < 4.78 is 73.6. The highest BCUT2D eigenvalue weighted by atomic mass is 79.9. The molecule has 0 atom stereocenters. The summed E-state index contributed by atoms with van der Waals surface area (Å²) in [5.74, 6) is -1.22. The molecule has 0 aliphatic carbocycles. The second kappa shape index (κ2) is 7.71. The highest BCUT2D eigenvalue weighted by Gasteiger charge is 2.42. The van der Waals surface area contributed by atoms with Gasteiger partial charge in [0, 0.05) is 0 Å². The lowest BCUT2D eigenvalue weighted by molar-refractivity contribution is -0.114. The largest absolute Gasteiger partial charge is 0.497 e. The van der Waals surface area contributed by atoms with Gasteiger partial charge < -0.3 is 8.92 Å². The van der Waals surface area contributed by atoms with Crippen molar-refractivity contribution in [1.29, 1.82) is 0 Å². The number of rotatable bonds is 5. The van der Waals surface area contributed by atoms with Gasteiger partial charge in [-0.3, -0.25) is 0 Å². The predicted octanol–water partition coefficient (Wildman–Crippen LogP) is 5.03. The van der Waals surface area contributed by atoms with Crippen LogP contribution in [0.15, 0.2) is 59.2 Å². The fourth-order valence-electron chi connectivity index (χ4n) is 1.94. The van der Waals surface area contributed by atoms with E-state index in [2.05, 4.69) is 20.1 Å². The Morgan fingerprint density at radius 1 is 1.00 bits per heavy atom. The quantitative estimate of drug-likeness (QED) is 0.473. The molecule has 0 aromatic heterocycles. The van der Waals surface area contributed by atoms with Gasteiger partial charge in [0.1, 0.15) is 10.6 Å². The van der Waals surface area contributed by atoms with Crippen molar-refractivity contribution in [2.75, 3.05) is 7.11 Å².